The smallest absolute Gasteiger partial charge is 0.417 e. The lowest BCUT2D eigenvalue weighted by molar-refractivity contribution is -0.138. The fourth-order valence-electron chi connectivity index (χ4n) is 1.49. The molecule has 0 aliphatic heterocycles. The average molecular weight is 323 g/mol. The first-order valence-corrected chi connectivity index (χ1v) is 6.19. The minimum Gasteiger partial charge on any atom is -0.486 e. The largest absolute Gasteiger partial charge is 0.486 e. The van der Waals surface area contributed by atoms with Gasteiger partial charge in [-0.25, -0.2) is 0 Å². The van der Waals surface area contributed by atoms with E-state index >= 15 is 0 Å². The molecule has 0 amide bonds. The fourth-order valence-corrected chi connectivity index (χ4v) is 1.96. The van der Waals surface area contributed by atoms with E-state index in [0.29, 0.717) is 0 Å². The molecular formula is C12H10BrF3O2. The maximum atomic E-state index is 12.6. The van der Waals surface area contributed by atoms with Crippen LogP contribution >= 0.6 is 15.9 Å². The molecule has 1 aliphatic rings. The van der Waals surface area contributed by atoms with E-state index in [1.165, 1.54) is 12.1 Å². The number of ether oxygens (including phenoxy) is 1. The first kappa shape index (κ1) is 13.4. The van der Waals surface area contributed by atoms with Gasteiger partial charge in [-0.2, -0.15) is 13.2 Å². The topological polar surface area (TPSA) is 26.3 Å². The van der Waals surface area contributed by atoms with E-state index in [1.807, 2.05) is 0 Å². The molecule has 0 spiro atoms. The first-order chi connectivity index (χ1) is 8.38. The summed E-state index contributed by atoms with van der Waals surface area (Å²) in [5.74, 6) is 0.0496. The molecule has 0 aromatic heterocycles. The van der Waals surface area contributed by atoms with E-state index in [-0.39, 0.29) is 28.5 Å². The summed E-state index contributed by atoms with van der Waals surface area (Å²) < 4.78 is 42.9. The van der Waals surface area contributed by atoms with Crippen LogP contribution in [0.5, 0.6) is 5.75 Å². The van der Waals surface area contributed by atoms with Crippen molar-refractivity contribution in [3.63, 3.8) is 0 Å². The third-order valence-corrected chi connectivity index (χ3v) is 3.35. The van der Waals surface area contributed by atoms with Gasteiger partial charge in [0.15, 0.2) is 5.78 Å². The Kier molecular flexibility index (Phi) is 3.66. The van der Waals surface area contributed by atoms with Crippen molar-refractivity contribution in [1.82, 2.24) is 0 Å². The van der Waals surface area contributed by atoms with E-state index in [2.05, 4.69) is 15.9 Å². The number of alkyl halides is 3. The highest BCUT2D eigenvalue weighted by molar-refractivity contribution is 9.10. The molecule has 2 nitrogen and oxygen atoms in total. The standard InChI is InChI=1S/C12H10BrF3O2/c13-10-4-3-8(5-9(10)12(14,15)16)18-6-11(17)7-1-2-7/h3-5,7H,1-2,6H2. The van der Waals surface area contributed by atoms with Crippen LogP contribution in [0.25, 0.3) is 0 Å². The average Bonchev–Trinajstić information content (AvgIpc) is 3.09. The number of ketones is 1. The number of carbonyl (C=O) groups excluding carboxylic acids is 1. The molecule has 0 N–H and O–H groups in total. The van der Waals surface area contributed by atoms with Crippen LogP contribution in [-0.2, 0) is 11.0 Å². The Labute approximate surface area is 110 Å². The summed E-state index contributed by atoms with van der Waals surface area (Å²) in [5.41, 5.74) is -0.807. The van der Waals surface area contributed by atoms with Gasteiger partial charge in [0.1, 0.15) is 12.4 Å². The quantitative estimate of drug-likeness (QED) is 0.842. The van der Waals surface area contributed by atoms with Crippen molar-refractivity contribution in [1.29, 1.82) is 0 Å². The summed E-state index contributed by atoms with van der Waals surface area (Å²) in [5, 5.41) is 0. The maximum absolute atomic E-state index is 12.6. The number of benzene rings is 1. The second-order valence-corrected chi connectivity index (χ2v) is 5.02. The van der Waals surface area contributed by atoms with Gasteiger partial charge in [-0.1, -0.05) is 15.9 Å². The van der Waals surface area contributed by atoms with Gasteiger partial charge in [-0.05, 0) is 31.0 Å². The Morgan fingerprint density at radius 3 is 2.61 bits per heavy atom. The van der Waals surface area contributed by atoms with E-state index < -0.39 is 11.7 Å². The molecule has 0 atom stereocenters. The molecule has 1 aliphatic carbocycles. The zero-order chi connectivity index (χ0) is 13.3. The minimum atomic E-state index is -4.45. The molecule has 0 bridgehead atoms. The van der Waals surface area contributed by atoms with Gasteiger partial charge in [0, 0.05) is 10.4 Å². The molecule has 98 valence electrons. The Hall–Kier alpha value is -1.04. The van der Waals surface area contributed by atoms with Crippen molar-refractivity contribution in [2.75, 3.05) is 6.61 Å². The molecule has 0 saturated heterocycles. The second kappa shape index (κ2) is 4.91. The van der Waals surface area contributed by atoms with Crippen LogP contribution in [0.1, 0.15) is 18.4 Å². The van der Waals surface area contributed by atoms with Gasteiger partial charge in [0.25, 0.3) is 0 Å². The van der Waals surface area contributed by atoms with E-state index in [1.54, 1.807) is 0 Å². The Morgan fingerprint density at radius 2 is 2.06 bits per heavy atom. The molecule has 0 unspecified atom stereocenters. The molecule has 1 aromatic carbocycles. The Bertz CT molecular complexity index is 467. The highest BCUT2D eigenvalue weighted by Gasteiger charge is 2.33. The van der Waals surface area contributed by atoms with Gasteiger partial charge in [-0.3, -0.25) is 4.79 Å². The van der Waals surface area contributed by atoms with Crippen LogP contribution in [-0.4, -0.2) is 12.4 Å². The van der Waals surface area contributed by atoms with Gasteiger partial charge >= 0.3 is 6.18 Å². The molecule has 1 aromatic rings. The van der Waals surface area contributed by atoms with Crippen molar-refractivity contribution in [2.24, 2.45) is 5.92 Å². The number of hydrogen-bond acceptors (Lipinski definition) is 2. The molecule has 1 fully saturated rings. The van der Waals surface area contributed by atoms with Gasteiger partial charge in [0.2, 0.25) is 0 Å². The van der Waals surface area contributed by atoms with Crippen LogP contribution < -0.4 is 4.74 Å². The predicted octanol–water partition coefficient (Wildman–Crippen LogP) is 3.83. The molecule has 1 saturated carbocycles. The normalized spacial score (nSPS) is 15.6. The van der Waals surface area contributed by atoms with E-state index in [4.69, 9.17) is 4.74 Å². The number of hydrogen-bond donors (Lipinski definition) is 0. The number of rotatable bonds is 4. The number of carbonyl (C=O) groups is 1. The Morgan fingerprint density at radius 1 is 1.39 bits per heavy atom. The predicted molar refractivity (Wildman–Crippen MR) is 62.4 cm³/mol. The molecule has 0 radical (unpaired) electrons. The zero-order valence-corrected chi connectivity index (χ0v) is 10.8. The van der Waals surface area contributed by atoms with Crippen LogP contribution in [0.15, 0.2) is 22.7 Å². The van der Waals surface area contributed by atoms with E-state index in [9.17, 15) is 18.0 Å². The van der Waals surface area contributed by atoms with Crippen molar-refractivity contribution in [2.45, 2.75) is 19.0 Å². The first-order valence-electron chi connectivity index (χ1n) is 5.40. The summed E-state index contributed by atoms with van der Waals surface area (Å²) in [6, 6.07) is 3.56. The summed E-state index contributed by atoms with van der Waals surface area (Å²) in [4.78, 5) is 11.4. The molecule has 0 heterocycles. The lowest BCUT2D eigenvalue weighted by Gasteiger charge is -2.11. The van der Waals surface area contributed by atoms with Crippen LogP contribution in [0.4, 0.5) is 13.2 Å². The number of Topliss-reactive ketones (excluding diaryl/α,β-unsaturated/α-hetero) is 1. The molecule has 6 heteroatoms. The third kappa shape index (κ3) is 3.25. The monoisotopic (exact) mass is 322 g/mol. The van der Waals surface area contributed by atoms with E-state index in [0.717, 1.165) is 18.9 Å². The summed E-state index contributed by atoms with van der Waals surface area (Å²) in [7, 11) is 0. The van der Waals surface area contributed by atoms with Gasteiger partial charge in [0.05, 0.1) is 5.56 Å². The van der Waals surface area contributed by atoms with Gasteiger partial charge < -0.3 is 4.74 Å². The van der Waals surface area contributed by atoms with Crippen LogP contribution in [0.3, 0.4) is 0 Å². The Balaban J connectivity index is 2.07. The maximum Gasteiger partial charge on any atom is 0.417 e. The van der Waals surface area contributed by atoms with Gasteiger partial charge in [-0.15, -0.1) is 0 Å². The second-order valence-electron chi connectivity index (χ2n) is 4.17. The highest BCUT2D eigenvalue weighted by atomic mass is 79.9. The summed E-state index contributed by atoms with van der Waals surface area (Å²) in [6.45, 7) is -0.163. The lowest BCUT2D eigenvalue weighted by Crippen LogP contribution is -2.13. The number of halogens is 4. The van der Waals surface area contributed by atoms with Crippen molar-refractivity contribution in [3.05, 3.63) is 28.2 Å². The SMILES string of the molecule is O=C(COc1ccc(Br)c(C(F)(F)F)c1)C1CC1. The fraction of sp³-hybridized carbons (Fsp3) is 0.417. The van der Waals surface area contributed by atoms with Crippen LogP contribution in [0.2, 0.25) is 0 Å². The summed E-state index contributed by atoms with van der Waals surface area (Å²) >= 11 is 2.84. The van der Waals surface area contributed by atoms with Crippen molar-refractivity contribution >= 4 is 21.7 Å². The third-order valence-electron chi connectivity index (χ3n) is 2.66. The minimum absolute atomic E-state index is 0.0440. The molecule has 18 heavy (non-hydrogen) atoms. The lowest BCUT2D eigenvalue weighted by atomic mass is 10.2. The van der Waals surface area contributed by atoms with Crippen LogP contribution in [0, 0.1) is 5.92 Å². The summed E-state index contributed by atoms with van der Waals surface area (Å²) in [6.07, 6.45) is -2.73. The van der Waals surface area contributed by atoms with Crippen molar-refractivity contribution < 1.29 is 22.7 Å². The molecule has 2 rings (SSSR count). The zero-order valence-electron chi connectivity index (χ0n) is 9.26. The highest BCUT2D eigenvalue weighted by Crippen LogP contribution is 2.37. The molecular weight excluding hydrogens is 313 g/mol. The van der Waals surface area contributed by atoms with Crippen molar-refractivity contribution in [3.8, 4) is 5.75 Å².